The number of Topliss-reactive ketones (excluding diaryl/α,β-unsaturated/α-hetero) is 1. The van der Waals surface area contributed by atoms with E-state index in [2.05, 4.69) is 4.90 Å². The van der Waals surface area contributed by atoms with Crippen molar-refractivity contribution in [3.63, 3.8) is 0 Å². The van der Waals surface area contributed by atoms with Crippen LogP contribution in [-0.2, 0) is 5.60 Å². The standard InChI is InChI=1S/C29H33NO3.ClH/c1-33-27-16-14-23(15-17-27)28(31)13-8-20-30-21-18-26(19-22-30)29(32,24-9-4-2-5-10-24)25-11-6-3-7-12-25;/h2-7,9-12,14-17,26,32H,8,13,18-22H2,1H3;1H. The molecule has 1 aliphatic rings. The Bertz CT molecular complexity index is 977. The maximum Gasteiger partial charge on any atom is 0.162 e. The zero-order valence-electron chi connectivity index (χ0n) is 19.7. The Morgan fingerprint density at radius 2 is 1.44 bits per heavy atom. The number of rotatable bonds is 9. The number of piperidine rings is 1. The molecule has 4 nitrogen and oxygen atoms in total. The van der Waals surface area contributed by atoms with Crippen LogP contribution in [0.3, 0.4) is 0 Å². The summed E-state index contributed by atoms with van der Waals surface area (Å²) in [6.45, 7) is 2.77. The summed E-state index contributed by atoms with van der Waals surface area (Å²) in [5, 5.41) is 12.0. The summed E-state index contributed by atoms with van der Waals surface area (Å²) < 4.78 is 5.16. The van der Waals surface area contributed by atoms with E-state index < -0.39 is 5.60 Å². The summed E-state index contributed by atoms with van der Waals surface area (Å²) in [4.78, 5) is 14.9. The Balaban J connectivity index is 0.00000324. The van der Waals surface area contributed by atoms with Crippen LogP contribution in [0.25, 0.3) is 0 Å². The molecule has 0 atom stereocenters. The number of aliphatic hydroxyl groups is 1. The van der Waals surface area contributed by atoms with Crippen molar-refractivity contribution in [2.45, 2.75) is 31.3 Å². The van der Waals surface area contributed by atoms with Gasteiger partial charge in [0, 0.05) is 12.0 Å². The number of ketones is 1. The highest BCUT2D eigenvalue weighted by Gasteiger charge is 2.41. The molecular weight excluding hydrogens is 446 g/mol. The lowest BCUT2D eigenvalue weighted by Gasteiger charge is -2.42. The van der Waals surface area contributed by atoms with Gasteiger partial charge in [-0.05, 0) is 80.2 Å². The third kappa shape index (κ3) is 5.87. The van der Waals surface area contributed by atoms with E-state index in [-0.39, 0.29) is 24.1 Å². The van der Waals surface area contributed by atoms with Gasteiger partial charge in [-0.15, -0.1) is 12.4 Å². The second-order valence-corrected chi connectivity index (χ2v) is 8.87. The van der Waals surface area contributed by atoms with Gasteiger partial charge in [-0.25, -0.2) is 0 Å². The third-order valence-electron chi connectivity index (χ3n) is 6.90. The van der Waals surface area contributed by atoms with Crippen LogP contribution in [0, 0.1) is 5.92 Å². The molecule has 0 bridgehead atoms. The highest BCUT2D eigenvalue weighted by atomic mass is 35.5. The van der Waals surface area contributed by atoms with Gasteiger partial charge < -0.3 is 14.7 Å². The minimum absolute atomic E-state index is 0. The zero-order chi connectivity index (χ0) is 23.1. The fourth-order valence-electron chi connectivity index (χ4n) is 4.98. The van der Waals surface area contributed by atoms with Gasteiger partial charge in [0.05, 0.1) is 7.11 Å². The highest BCUT2D eigenvalue weighted by molar-refractivity contribution is 5.96. The topological polar surface area (TPSA) is 49.8 Å². The minimum Gasteiger partial charge on any atom is -0.497 e. The molecule has 0 saturated carbocycles. The van der Waals surface area contributed by atoms with Crippen LogP contribution in [0.15, 0.2) is 84.9 Å². The van der Waals surface area contributed by atoms with Crippen molar-refractivity contribution in [1.29, 1.82) is 0 Å². The summed E-state index contributed by atoms with van der Waals surface area (Å²) in [5.74, 6) is 1.09. The highest BCUT2D eigenvalue weighted by Crippen LogP contribution is 2.41. The van der Waals surface area contributed by atoms with Crippen LogP contribution in [-0.4, -0.2) is 42.5 Å². The summed E-state index contributed by atoms with van der Waals surface area (Å²) in [5.41, 5.74) is 1.67. The minimum atomic E-state index is -0.987. The quantitative estimate of drug-likeness (QED) is 0.398. The molecule has 3 aromatic rings. The summed E-state index contributed by atoms with van der Waals surface area (Å²) in [7, 11) is 1.63. The first-order valence-electron chi connectivity index (χ1n) is 11.8. The Morgan fingerprint density at radius 3 is 1.94 bits per heavy atom. The Hall–Kier alpha value is -2.66. The normalized spacial score (nSPS) is 14.9. The second kappa shape index (κ2) is 12.2. The van der Waals surface area contributed by atoms with Crippen molar-refractivity contribution >= 4 is 18.2 Å². The SMILES string of the molecule is COc1ccc(C(=O)CCCN2CCC(C(O)(c3ccccc3)c3ccccc3)CC2)cc1.Cl. The predicted molar refractivity (Wildman–Crippen MR) is 139 cm³/mol. The number of carbonyl (C=O) groups excluding carboxylic acids is 1. The van der Waals surface area contributed by atoms with Gasteiger partial charge in [0.1, 0.15) is 11.4 Å². The second-order valence-electron chi connectivity index (χ2n) is 8.87. The van der Waals surface area contributed by atoms with Gasteiger partial charge in [-0.3, -0.25) is 4.79 Å². The van der Waals surface area contributed by atoms with E-state index in [9.17, 15) is 9.90 Å². The molecule has 1 N–H and O–H groups in total. The lowest BCUT2D eigenvalue weighted by molar-refractivity contribution is -0.0142. The number of hydrogen-bond acceptors (Lipinski definition) is 4. The molecule has 4 rings (SSSR count). The summed E-state index contributed by atoms with van der Waals surface area (Å²) >= 11 is 0. The molecule has 1 aliphatic heterocycles. The average Bonchev–Trinajstić information content (AvgIpc) is 2.89. The summed E-state index contributed by atoms with van der Waals surface area (Å²) in [6, 6.07) is 27.4. The van der Waals surface area contributed by atoms with Gasteiger partial charge in [0.25, 0.3) is 0 Å². The number of ether oxygens (including phenoxy) is 1. The van der Waals surface area contributed by atoms with Gasteiger partial charge in [0.15, 0.2) is 5.78 Å². The first-order valence-corrected chi connectivity index (χ1v) is 11.8. The first-order chi connectivity index (χ1) is 16.1. The molecule has 3 aromatic carbocycles. The van der Waals surface area contributed by atoms with E-state index in [0.717, 1.165) is 61.3 Å². The molecule has 0 spiro atoms. The van der Waals surface area contributed by atoms with Crippen LogP contribution in [0.4, 0.5) is 0 Å². The fraction of sp³-hybridized carbons (Fsp3) is 0.345. The predicted octanol–water partition coefficient (Wildman–Crippen LogP) is 5.73. The van der Waals surface area contributed by atoms with Crippen LogP contribution >= 0.6 is 12.4 Å². The maximum atomic E-state index is 12.5. The molecule has 0 radical (unpaired) electrons. The van der Waals surface area contributed by atoms with E-state index in [1.807, 2.05) is 84.9 Å². The van der Waals surface area contributed by atoms with Crippen LogP contribution in [0.5, 0.6) is 5.75 Å². The summed E-state index contributed by atoms with van der Waals surface area (Å²) in [6.07, 6.45) is 3.24. The smallest absolute Gasteiger partial charge is 0.162 e. The molecule has 0 aliphatic carbocycles. The van der Waals surface area contributed by atoms with Crippen LogP contribution < -0.4 is 4.74 Å². The molecule has 1 fully saturated rings. The third-order valence-corrected chi connectivity index (χ3v) is 6.90. The van der Waals surface area contributed by atoms with E-state index in [1.165, 1.54) is 0 Å². The van der Waals surface area contributed by atoms with Crippen LogP contribution in [0.2, 0.25) is 0 Å². The van der Waals surface area contributed by atoms with Gasteiger partial charge >= 0.3 is 0 Å². The van der Waals surface area contributed by atoms with Gasteiger partial charge in [-0.2, -0.15) is 0 Å². The number of methoxy groups -OCH3 is 1. The number of carbonyl (C=O) groups is 1. The monoisotopic (exact) mass is 479 g/mol. The Labute approximate surface area is 209 Å². The molecule has 34 heavy (non-hydrogen) atoms. The van der Waals surface area contributed by atoms with E-state index in [1.54, 1.807) is 7.11 Å². The average molecular weight is 480 g/mol. The lowest BCUT2D eigenvalue weighted by Crippen LogP contribution is -2.44. The molecule has 1 heterocycles. The van der Waals surface area contributed by atoms with Gasteiger partial charge in [-0.1, -0.05) is 60.7 Å². The van der Waals surface area contributed by atoms with Crippen LogP contribution in [0.1, 0.15) is 47.2 Å². The molecule has 1 saturated heterocycles. The Kier molecular flexibility index (Phi) is 9.28. The van der Waals surface area contributed by atoms with Crippen molar-refractivity contribution in [1.82, 2.24) is 4.90 Å². The molecule has 180 valence electrons. The number of benzene rings is 3. The first kappa shape index (κ1) is 26.0. The Morgan fingerprint density at radius 1 is 0.912 bits per heavy atom. The molecule has 5 heteroatoms. The molecular formula is C29H34ClNO3. The van der Waals surface area contributed by atoms with Crippen molar-refractivity contribution < 1.29 is 14.6 Å². The zero-order valence-corrected chi connectivity index (χ0v) is 20.5. The van der Waals surface area contributed by atoms with E-state index in [0.29, 0.717) is 6.42 Å². The van der Waals surface area contributed by atoms with E-state index in [4.69, 9.17) is 4.74 Å². The maximum absolute atomic E-state index is 12.5. The molecule has 0 amide bonds. The lowest BCUT2D eigenvalue weighted by atomic mass is 9.72. The van der Waals surface area contributed by atoms with Gasteiger partial charge in [0.2, 0.25) is 0 Å². The number of nitrogens with zero attached hydrogens (tertiary/aromatic N) is 1. The molecule has 0 aromatic heterocycles. The van der Waals surface area contributed by atoms with Crippen molar-refractivity contribution in [2.75, 3.05) is 26.7 Å². The van der Waals surface area contributed by atoms with Crippen molar-refractivity contribution in [3.8, 4) is 5.75 Å². The number of halogens is 1. The van der Waals surface area contributed by atoms with Crippen molar-refractivity contribution in [2.24, 2.45) is 5.92 Å². The number of likely N-dealkylation sites (tertiary alicyclic amines) is 1. The number of hydrogen-bond donors (Lipinski definition) is 1. The largest absolute Gasteiger partial charge is 0.497 e. The van der Waals surface area contributed by atoms with Crippen molar-refractivity contribution in [3.05, 3.63) is 102 Å². The fourth-order valence-corrected chi connectivity index (χ4v) is 4.98. The van der Waals surface area contributed by atoms with E-state index >= 15 is 0 Å². The molecule has 0 unspecified atom stereocenters.